The van der Waals surface area contributed by atoms with Crippen molar-refractivity contribution in [1.29, 1.82) is 0 Å². The molecule has 2 rings (SSSR count). The van der Waals surface area contributed by atoms with E-state index in [2.05, 4.69) is 29.4 Å². The van der Waals surface area contributed by atoms with E-state index in [9.17, 15) is 0 Å². The highest BCUT2D eigenvalue weighted by Gasteiger charge is 2.15. The van der Waals surface area contributed by atoms with Crippen LogP contribution in [0.15, 0.2) is 24.3 Å². The molecule has 0 aliphatic carbocycles. The number of aliphatic hydroxyl groups excluding tert-OH is 1. The first-order valence-electron chi connectivity index (χ1n) is 7.78. The van der Waals surface area contributed by atoms with Crippen molar-refractivity contribution in [1.82, 2.24) is 5.32 Å². The number of rotatable bonds is 8. The Labute approximate surface area is 132 Å². The van der Waals surface area contributed by atoms with Gasteiger partial charge >= 0.3 is 0 Å². The summed E-state index contributed by atoms with van der Waals surface area (Å²) >= 11 is 6.09. The van der Waals surface area contributed by atoms with E-state index in [0.717, 1.165) is 31.0 Å². The lowest BCUT2D eigenvalue weighted by atomic mass is 10.0. The van der Waals surface area contributed by atoms with Gasteiger partial charge in [0.05, 0.1) is 0 Å². The molecule has 0 fully saturated rings. The van der Waals surface area contributed by atoms with E-state index in [4.69, 9.17) is 16.7 Å². The molecule has 116 valence electrons. The van der Waals surface area contributed by atoms with E-state index in [1.807, 2.05) is 12.1 Å². The van der Waals surface area contributed by atoms with E-state index < -0.39 is 0 Å². The van der Waals surface area contributed by atoms with Crippen molar-refractivity contribution in [3.05, 3.63) is 34.9 Å². The number of hydrogen-bond donors (Lipinski definition) is 2. The fraction of sp³-hybridized carbons (Fsp3) is 0.529. The Morgan fingerprint density at radius 1 is 1.19 bits per heavy atom. The number of likely N-dealkylation sites (N-methyl/N-ethyl adjacent to an activating group) is 1. The van der Waals surface area contributed by atoms with Gasteiger partial charge in [-0.05, 0) is 37.1 Å². The van der Waals surface area contributed by atoms with Crippen molar-refractivity contribution >= 4 is 23.0 Å². The van der Waals surface area contributed by atoms with Gasteiger partial charge in [-0.2, -0.15) is 0 Å². The quantitative estimate of drug-likeness (QED) is 0.719. The Bertz CT molecular complexity index is 488. The third-order valence-electron chi connectivity index (χ3n) is 3.88. The first-order valence-corrected chi connectivity index (χ1v) is 8.16. The van der Waals surface area contributed by atoms with E-state index in [0.29, 0.717) is 6.61 Å². The van der Waals surface area contributed by atoms with Gasteiger partial charge in [0.2, 0.25) is 0 Å². The number of aliphatic hydroxyl groups is 1. The minimum absolute atomic E-state index is 0.317. The maximum Gasteiger partial charge on any atom is 0.0475 e. The zero-order valence-corrected chi connectivity index (χ0v) is 13.5. The number of anilines is 1. The molecule has 0 atom stereocenters. The molecule has 4 heteroatoms. The van der Waals surface area contributed by atoms with Gasteiger partial charge in [-0.3, -0.25) is 0 Å². The van der Waals surface area contributed by atoms with Crippen LogP contribution in [-0.2, 0) is 0 Å². The molecule has 1 aromatic carbocycles. The molecule has 0 bridgehead atoms. The summed E-state index contributed by atoms with van der Waals surface area (Å²) in [5.41, 5.74) is 3.64. The van der Waals surface area contributed by atoms with E-state index in [-0.39, 0.29) is 0 Å². The lowest BCUT2D eigenvalue weighted by Crippen LogP contribution is -2.26. The molecule has 2 N–H and O–H groups in total. The van der Waals surface area contributed by atoms with E-state index >= 15 is 0 Å². The molecule has 0 spiro atoms. The lowest BCUT2D eigenvalue weighted by molar-refractivity contribution is 0.282. The van der Waals surface area contributed by atoms with Crippen molar-refractivity contribution < 1.29 is 5.11 Å². The Kier molecular flexibility index (Phi) is 6.40. The van der Waals surface area contributed by atoms with Crippen LogP contribution in [0.2, 0.25) is 5.02 Å². The molecule has 1 aromatic rings. The van der Waals surface area contributed by atoms with Crippen LogP contribution in [0, 0.1) is 0 Å². The summed E-state index contributed by atoms with van der Waals surface area (Å²) in [7, 11) is 2.09. The van der Waals surface area contributed by atoms with Gasteiger partial charge in [0, 0.05) is 48.7 Å². The zero-order valence-electron chi connectivity index (χ0n) is 12.7. The van der Waals surface area contributed by atoms with Crippen LogP contribution < -0.4 is 10.2 Å². The standard InChI is InChI=1S/C17H25ClN2O/c1-20-11-9-16(15-8-7-14(18)13-17(15)20)19-10-5-3-2-4-6-12-21/h7-9,13,19,21H,2-6,10-12H2,1H3. The number of nitrogens with zero attached hydrogens (tertiary/aromatic N) is 1. The maximum absolute atomic E-state index is 8.74. The Balaban J connectivity index is 1.82. The van der Waals surface area contributed by atoms with Crippen LogP contribution in [0.25, 0.3) is 5.70 Å². The molecule has 3 nitrogen and oxygen atoms in total. The largest absolute Gasteiger partial charge is 0.396 e. The average molecular weight is 309 g/mol. The molecule has 21 heavy (non-hydrogen) atoms. The summed E-state index contributed by atoms with van der Waals surface area (Å²) in [5.74, 6) is 0. The van der Waals surface area contributed by atoms with Crippen molar-refractivity contribution in [2.24, 2.45) is 0 Å². The second-order valence-electron chi connectivity index (χ2n) is 5.58. The molecule has 0 amide bonds. The van der Waals surface area contributed by atoms with Gasteiger partial charge in [0.25, 0.3) is 0 Å². The lowest BCUT2D eigenvalue weighted by Gasteiger charge is -2.28. The monoisotopic (exact) mass is 308 g/mol. The van der Waals surface area contributed by atoms with Crippen LogP contribution in [-0.4, -0.2) is 31.9 Å². The second-order valence-corrected chi connectivity index (χ2v) is 6.01. The molecule has 0 radical (unpaired) electrons. The molecule has 0 saturated carbocycles. The number of benzene rings is 1. The SMILES string of the molecule is CN1CC=C(NCCCCCCCO)c2ccc(Cl)cc21. The van der Waals surface area contributed by atoms with Gasteiger partial charge in [-0.1, -0.05) is 30.9 Å². The normalized spacial score (nSPS) is 13.9. The number of unbranched alkanes of at least 4 members (excludes halogenated alkanes) is 4. The summed E-state index contributed by atoms with van der Waals surface area (Å²) < 4.78 is 0. The summed E-state index contributed by atoms with van der Waals surface area (Å²) in [6, 6.07) is 6.07. The topological polar surface area (TPSA) is 35.5 Å². The zero-order chi connectivity index (χ0) is 15.1. The van der Waals surface area contributed by atoms with Gasteiger partial charge in [0.1, 0.15) is 0 Å². The number of hydrogen-bond acceptors (Lipinski definition) is 3. The van der Waals surface area contributed by atoms with Crippen LogP contribution >= 0.6 is 11.6 Å². The molecule has 0 saturated heterocycles. The first-order chi connectivity index (χ1) is 10.2. The highest BCUT2D eigenvalue weighted by molar-refractivity contribution is 6.31. The molecule has 1 aliphatic rings. The molecule has 0 unspecified atom stereocenters. The van der Waals surface area contributed by atoms with Crippen LogP contribution in [0.5, 0.6) is 0 Å². The van der Waals surface area contributed by atoms with Crippen molar-refractivity contribution in [2.45, 2.75) is 32.1 Å². The van der Waals surface area contributed by atoms with Crippen molar-refractivity contribution in [2.75, 3.05) is 31.6 Å². The van der Waals surface area contributed by atoms with Gasteiger partial charge in [-0.15, -0.1) is 0 Å². The predicted molar refractivity (Wildman–Crippen MR) is 90.9 cm³/mol. The van der Waals surface area contributed by atoms with Gasteiger partial charge in [0.15, 0.2) is 0 Å². The predicted octanol–water partition coefficient (Wildman–Crippen LogP) is 3.66. The van der Waals surface area contributed by atoms with Gasteiger partial charge in [-0.25, -0.2) is 0 Å². The fourth-order valence-corrected chi connectivity index (χ4v) is 2.81. The number of fused-ring (bicyclic) bond motifs is 1. The smallest absolute Gasteiger partial charge is 0.0475 e. The number of nitrogens with one attached hydrogen (secondary N) is 1. The maximum atomic E-state index is 8.74. The van der Waals surface area contributed by atoms with E-state index in [1.165, 1.54) is 36.2 Å². The average Bonchev–Trinajstić information content (AvgIpc) is 2.49. The fourth-order valence-electron chi connectivity index (χ4n) is 2.64. The third-order valence-corrected chi connectivity index (χ3v) is 4.12. The minimum atomic E-state index is 0.317. The molecular formula is C17H25ClN2O. The van der Waals surface area contributed by atoms with Crippen LogP contribution in [0.1, 0.15) is 37.7 Å². The van der Waals surface area contributed by atoms with Crippen LogP contribution in [0.3, 0.4) is 0 Å². The van der Waals surface area contributed by atoms with Crippen molar-refractivity contribution in [3.8, 4) is 0 Å². The van der Waals surface area contributed by atoms with Gasteiger partial charge < -0.3 is 15.3 Å². The summed E-state index contributed by atoms with van der Waals surface area (Å²) in [6.45, 7) is 2.22. The highest BCUT2D eigenvalue weighted by atomic mass is 35.5. The first kappa shape index (κ1) is 16.2. The Morgan fingerprint density at radius 2 is 1.95 bits per heavy atom. The summed E-state index contributed by atoms with van der Waals surface area (Å²) in [4.78, 5) is 2.21. The number of halogens is 1. The molecule has 0 aromatic heterocycles. The molecular weight excluding hydrogens is 284 g/mol. The minimum Gasteiger partial charge on any atom is -0.396 e. The third kappa shape index (κ3) is 4.65. The second kappa shape index (κ2) is 8.30. The highest BCUT2D eigenvalue weighted by Crippen LogP contribution is 2.31. The van der Waals surface area contributed by atoms with Crippen molar-refractivity contribution in [3.63, 3.8) is 0 Å². The summed E-state index contributed by atoms with van der Waals surface area (Å²) in [6.07, 6.45) is 7.89. The molecule has 1 aliphatic heterocycles. The molecule has 1 heterocycles. The Hall–Kier alpha value is -1.19. The van der Waals surface area contributed by atoms with Crippen LogP contribution in [0.4, 0.5) is 5.69 Å². The van der Waals surface area contributed by atoms with E-state index in [1.54, 1.807) is 0 Å². The summed E-state index contributed by atoms with van der Waals surface area (Å²) in [5, 5.41) is 13.1. The Morgan fingerprint density at radius 3 is 2.76 bits per heavy atom.